The molecule has 0 bridgehead atoms. The maximum absolute atomic E-state index is 5.89. The molecule has 0 radical (unpaired) electrons. The van der Waals surface area contributed by atoms with Crippen molar-refractivity contribution in [3.63, 3.8) is 0 Å². The highest BCUT2D eigenvalue weighted by Gasteiger charge is 2.17. The lowest BCUT2D eigenvalue weighted by Gasteiger charge is -2.12. The predicted octanol–water partition coefficient (Wildman–Crippen LogP) is 6.20. The van der Waals surface area contributed by atoms with Gasteiger partial charge in [0.1, 0.15) is 18.2 Å². The number of benzene rings is 2. The van der Waals surface area contributed by atoms with E-state index in [4.69, 9.17) is 14.7 Å². The highest BCUT2D eigenvalue weighted by atomic mass is 32.2. The number of aromatic amines is 1. The minimum Gasteiger partial charge on any atom is -0.489 e. The average Bonchev–Trinajstić information content (AvgIpc) is 3.03. The first kappa shape index (κ1) is 19.2. The summed E-state index contributed by atoms with van der Waals surface area (Å²) in [7, 11) is 0. The summed E-state index contributed by atoms with van der Waals surface area (Å²) in [5.41, 5.74) is 5.18. The molecule has 4 nitrogen and oxygen atoms in total. The quantitative estimate of drug-likeness (QED) is 0.421. The van der Waals surface area contributed by atoms with Crippen LogP contribution in [0.4, 0.5) is 0 Å². The molecule has 5 rings (SSSR count). The van der Waals surface area contributed by atoms with Crippen LogP contribution in [0.5, 0.6) is 5.75 Å². The van der Waals surface area contributed by atoms with Crippen molar-refractivity contribution in [2.24, 2.45) is 0 Å². The van der Waals surface area contributed by atoms with Gasteiger partial charge in [-0.15, -0.1) is 0 Å². The number of ether oxygens (including phenoxy) is 1. The molecule has 5 heteroatoms. The largest absolute Gasteiger partial charge is 0.489 e. The van der Waals surface area contributed by atoms with Crippen molar-refractivity contribution in [3.8, 4) is 17.1 Å². The molecule has 1 unspecified atom stereocenters. The van der Waals surface area contributed by atoms with Crippen molar-refractivity contribution in [2.75, 3.05) is 11.5 Å². The first-order valence-corrected chi connectivity index (χ1v) is 11.7. The molecule has 0 aliphatic carbocycles. The fourth-order valence-electron chi connectivity index (χ4n) is 3.92. The van der Waals surface area contributed by atoms with E-state index in [1.54, 1.807) is 0 Å². The zero-order valence-electron chi connectivity index (χ0n) is 16.9. The van der Waals surface area contributed by atoms with Crippen molar-refractivity contribution in [3.05, 3.63) is 78.0 Å². The van der Waals surface area contributed by atoms with Crippen molar-refractivity contribution in [2.45, 2.75) is 31.8 Å². The summed E-state index contributed by atoms with van der Waals surface area (Å²) in [6.07, 6.45) is 3.72. The van der Waals surface area contributed by atoms with E-state index in [0.717, 1.165) is 33.9 Å². The minimum atomic E-state index is 0.561. The molecule has 2 aromatic heterocycles. The zero-order chi connectivity index (χ0) is 20.2. The van der Waals surface area contributed by atoms with E-state index in [9.17, 15) is 0 Å². The Bertz CT molecular complexity index is 1100. The molecule has 30 heavy (non-hydrogen) atoms. The lowest BCUT2D eigenvalue weighted by Crippen LogP contribution is -2.01. The van der Waals surface area contributed by atoms with E-state index in [-0.39, 0.29) is 0 Å². The van der Waals surface area contributed by atoms with Gasteiger partial charge >= 0.3 is 0 Å². The minimum absolute atomic E-state index is 0.561. The topological polar surface area (TPSA) is 50.8 Å². The smallest absolute Gasteiger partial charge is 0.178 e. The predicted molar refractivity (Wildman–Crippen MR) is 124 cm³/mol. The van der Waals surface area contributed by atoms with Crippen LogP contribution in [0.25, 0.3) is 22.6 Å². The number of fused-ring (bicyclic) bond motifs is 1. The van der Waals surface area contributed by atoms with Crippen LogP contribution in [0.15, 0.2) is 66.7 Å². The SMILES string of the molecule is c1ccc(COc2ccc(-c3nc4nc(C5CCCSCC5)ccc4[nH]3)cc2)cc1. The van der Waals surface area contributed by atoms with Gasteiger partial charge in [0.25, 0.3) is 0 Å². The molecular weight excluding hydrogens is 390 g/mol. The van der Waals surface area contributed by atoms with Gasteiger partial charge in [0.15, 0.2) is 5.65 Å². The number of nitrogens with zero attached hydrogens (tertiary/aromatic N) is 2. The summed E-state index contributed by atoms with van der Waals surface area (Å²) < 4.78 is 5.89. The zero-order valence-corrected chi connectivity index (χ0v) is 17.7. The molecule has 1 saturated heterocycles. The van der Waals surface area contributed by atoms with E-state index < -0.39 is 0 Å². The molecule has 0 amide bonds. The van der Waals surface area contributed by atoms with Crippen molar-refractivity contribution in [1.29, 1.82) is 0 Å². The van der Waals surface area contributed by atoms with Crippen LogP contribution in [0, 0.1) is 0 Å². The third-order valence-electron chi connectivity index (χ3n) is 5.61. The van der Waals surface area contributed by atoms with Gasteiger partial charge in [0.05, 0.1) is 5.52 Å². The average molecular weight is 416 g/mol. The van der Waals surface area contributed by atoms with Crippen LogP contribution in [-0.4, -0.2) is 26.5 Å². The van der Waals surface area contributed by atoms with Gasteiger partial charge in [-0.1, -0.05) is 30.3 Å². The third-order valence-corrected chi connectivity index (χ3v) is 6.72. The summed E-state index contributed by atoms with van der Waals surface area (Å²) in [6, 6.07) is 22.6. The lowest BCUT2D eigenvalue weighted by atomic mass is 9.96. The summed E-state index contributed by atoms with van der Waals surface area (Å²) in [6.45, 7) is 0.567. The first-order valence-electron chi connectivity index (χ1n) is 10.6. The van der Waals surface area contributed by atoms with Gasteiger partial charge in [-0.05, 0) is 72.7 Å². The standard InChI is InChI=1S/C25H25N3OS/c1-2-5-18(6-3-1)17-29-21-10-8-20(9-11-21)24-27-23-13-12-22(26-25(23)28-24)19-7-4-15-30-16-14-19/h1-3,5-6,8-13,19H,4,7,14-17H2,(H,26,27,28). The molecule has 4 aromatic rings. The number of hydrogen-bond acceptors (Lipinski definition) is 4. The van der Waals surface area contributed by atoms with Crippen molar-refractivity contribution >= 4 is 22.9 Å². The molecule has 3 heterocycles. The summed E-state index contributed by atoms with van der Waals surface area (Å²) >= 11 is 2.06. The number of thioether (sulfide) groups is 1. The van der Waals surface area contributed by atoms with Gasteiger partial charge in [0, 0.05) is 17.2 Å². The van der Waals surface area contributed by atoms with E-state index in [0.29, 0.717) is 12.5 Å². The molecule has 1 fully saturated rings. The van der Waals surface area contributed by atoms with Crippen molar-refractivity contribution in [1.82, 2.24) is 15.0 Å². The maximum atomic E-state index is 5.89. The normalized spacial score (nSPS) is 17.0. The highest BCUT2D eigenvalue weighted by Crippen LogP contribution is 2.31. The summed E-state index contributed by atoms with van der Waals surface area (Å²) in [5, 5.41) is 0. The van der Waals surface area contributed by atoms with Gasteiger partial charge in [-0.3, -0.25) is 0 Å². The second-order valence-electron chi connectivity index (χ2n) is 7.73. The number of hydrogen-bond donors (Lipinski definition) is 1. The molecule has 1 N–H and O–H groups in total. The molecule has 1 atom stereocenters. The highest BCUT2D eigenvalue weighted by molar-refractivity contribution is 7.99. The fraction of sp³-hybridized carbons (Fsp3) is 0.280. The van der Waals surface area contributed by atoms with E-state index >= 15 is 0 Å². The number of nitrogens with one attached hydrogen (secondary N) is 1. The second-order valence-corrected chi connectivity index (χ2v) is 8.96. The first-order chi connectivity index (χ1) is 14.8. The number of rotatable bonds is 5. The van der Waals surface area contributed by atoms with Gasteiger partial charge in [-0.2, -0.15) is 11.8 Å². The van der Waals surface area contributed by atoms with Crippen LogP contribution < -0.4 is 4.74 Å². The molecule has 1 aliphatic heterocycles. The van der Waals surface area contributed by atoms with Gasteiger partial charge < -0.3 is 9.72 Å². The molecule has 0 saturated carbocycles. The molecular formula is C25H25N3OS. The summed E-state index contributed by atoms with van der Waals surface area (Å²) in [4.78, 5) is 13.1. The lowest BCUT2D eigenvalue weighted by molar-refractivity contribution is 0.306. The monoisotopic (exact) mass is 415 g/mol. The van der Waals surface area contributed by atoms with E-state index in [1.807, 2.05) is 42.5 Å². The Morgan fingerprint density at radius 2 is 1.77 bits per heavy atom. The van der Waals surface area contributed by atoms with E-state index in [1.165, 1.54) is 36.5 Å². The van der Waals surface area contributed by atoms with Crippen molar-refractivity contribution < 1.29 is 4.74 Å². The number of imidazole rings is 1. The Labute approximate surface area is 181 Å². The Hall–Kier alpha value is -2.79. The Morgan fingerprint density at radius 1 is 0.900 bits per heavy atom. The summed E-state index contributed by atoms with van der Waals surface area (Å²) in [5.74, 6) is 4.77. The maximum Gasteiger partial charge on any atom is 0.178 e. The van der Waals surface area contributed by atoms with Gasteiger partial charge in [0.2, 0.25) is 0 Å². The number of aromatic nitrogens is 3. The molecule has 152 valence electrons. The van der Waals surface area contributed by atoms with Gasteiger partial charge in [-0.25, -0.2) is 9.97 Å². The van der Waals surface area contributed by atoms with Crippen LogP contribution in [-0.2, 0) is 6.61 Å². The number of H-pyrrole nitrogens is 1. The van der Waals surface area contributed by atoms with Crippen LogP contribution in [0.3, 0.4) is 0 Å². The molecule has 2 aromatic carbocycles. The second kappa shape index (κ2) is 8.92. The molecule has 1 aliphatic rings. The van der Waals surface area contributed by atoms with Crippen LogP contribution >= 0.6 is 11.8 Å². The Kier molecular flexibility index (Phi) is 5.71. The Balaban J connectivity index is 1.31. The third kappa shape index (κ3) is 4.36. The van der Waals surface area contributed by atoms with Crippen LogP contribution in [0.1, 0.15) is 36.4 Å². The fourth-order valence-corrected chi connectivity index (χ4v) is 4.95. The van der Waals surface area contributed by atoms with Crippen LogP contribution in [0.2, 0.25) is 0 Å². The number of pyridine rings is 1. The molecule has 0 spiro atoms. The van der Waals surface area contributed by atoms with E-state index in [2.05, 4.69) is 41.0 Å². The Morgan fingerprint density at radius 3 is 2.63 bits per heavy atom.